The zero-order chi connectivity index (χ0) is 7.11. The van der Waals surface area contributed by atoms with E-state index in [0.29, 0.717) is 6.61 Å². The van der Waals surface area contributed by atoms with Crippen molar-refractivity contribution in [1.82, 2.24) is 0 Å². The van der Waals surface area contributed by atoms with Crippen LogP contribution in [0, 0.1) is 0 Å². The van der Waals surface area contributed by atoms with Crippen molar-refractivity contribution in [3.05, 3.63) is 0 Å². The van der Waals surface area contributed by atoms with Crippen LogP contribution >= 0.6 is 22.6 Å². The Morgan fingerprint density at radius 3 is 2.67 bits per heavy atom. The molecule has 4 heteroatoms. The van der Waals surface area contributed by atoms with E-state index >= 15 is 0 Å². The molecule has 0 bridgehead atoms. The Bertz CT molecular complexity index is 84.3. The van der Waals surface area contributed by atoms with E-state index in [1.54, 1.807) is 0 Å². The van der Waals surface area contributed by atoms with E-state index in [9.17, 15) is 4.79 Å². The summed E-state index contributed by atoms with van der Waals surface area (Å²) in [5.74, 6) is 0. The summed E-state index contributed by atoms with van der Waals surface area (Å²) >= 11 is 2.24. The summed E-state index contributed by atoms with van der Waals surface area (Å²) in [6, 6.07) is 0. The van der Waals surface area contributed by atoms with Crippen LogP contribution in [0.25, 0.3) is 0 Å². The fourth-order valence-electron chi connectivity index (χ4n) is 0.356. The van der Waals surface area contributed by atoms with E-state index < -0.39 is 6.16 Å². The van der Waals surface area contributed by atoms with Crippen LogP contribution in [0.4, 0.5) is 4.79 Å². The molecule has 0 atom stereocenters. The Kier molecular flexibility index (Phi) is 6.12. The summed E-state index contributed by atoms with van der Waals surface area (Å²) in [7, 11) is 0. The number of carboxylic acid groups (broad SMARTS) is 1. The molecule has 0 saturated carbocycles. The van der Waals surface area contributed by atoms with Gasteiger partial charge in [0.25, 0.3) is 0 Å². The highest BCUT2D eigenvalue weighted by Gasteiger charge is 1.93. The van der Waals surface area contributed by atoms with Gasteiger partial charge < -0.3 is 9.84 Å². The normalized spacial score (nSPS) is 9.00. The lowest BCUT2D eigenvalue weighted by Gasteiger charge is -1.96. The molecule has 0 unspecified atom stereocenters. The zero-order valence-electron chi connectivity index (χ0n) is 4.97. The molecule has 0 aliphatic rings. The lowest BCUT2D eigenvalue weighted by molar-refractivity contribution is 0.0906. The Hall–Kier alpha value is 0. The summed E-state index contributed by atoms with van der Waals surface area (Å²) in [5.41, 5.74) is 0. The van der Waals surface area contributed by atoms with Gasteiger partial charge in [0, 0.05) is 0 Å². The number of halogens is 1. The monoisotopic (exact) mass is 244 g/mol. The van der Waals surface area contributed by atoms with Crippen molar-refractivity contribution in [2.24, 2.45) is 0 Å². The first-order valence-electron chi connectivity index (χ1n) is 2.69. The van der Waals surface area contributed by atoms with Crippen LogP contribution < -0.4 is 0 Å². The molecule has 0 aromatic heterocycles. The molecule has 0 saturated heterocycles. The highest BCUT2D eigenvalue weighted by Crippen LogP contribution is 1.94. The van der Waals surface area contributed by atoms with Gasteiger partial charge in [0.2, 0.25) is 0 Å². The summed E-state index contributed by atoms with van der Waals surface area (Å²) < 4.78 is 5.31. The van der Waals surface area contributed by atoms with Gasteiger partial charge in [-0.05, 0) is 17.3 Å². The van der Waals surface area contributed by atoms with Crippen LogP contribution in [0.5, 0.6) is 0 Å². The van der Waals surface area contributed by atoms with Crippen molar-refractivity contribution >= 4 is 28.7 Å². The van der Waals surface area contributed by atoms with Crippen molar-refractivity contribution < 1.29 is 14.6 Å². The molecule has 3 nitrogen and oxygen atoms in total. The van der Waals surface area contributed by atoms with Crippen molar-refractivity contribution in [3.8, 4) is 0 Å². The minimum absolute atomic E-state index is 0.332. The average molecular weight is 244 g/mol. The largest absolute Gasteiger partial charge is 0.505 e. The number of hydrogen-bond donors (Lipinski definition) is 1. The topological polar surface area (TPSA) is 46.5 Å². The van der Waals surface area contributed by atoms with Gasteiger partial charge in [0.15, 0.2) is 0 Å². The van der Waals surface area contributed by atoms with Gasteiger partial charge in [-0.2, -0.15) is 0 Å². The Morgan fingerprint density at radius 1 is 1.56 bits per heavy atom. The molecular formula is C5H9IO3. The maximum Gasteiger partial charge on any atom is 0.505 e. The Morgan fingerprint density at radius 2 is 2.22 bits per heavy atom. The number of alkyl halides is 1. The Labute approximate surface area is 67.5 Å². The van der Waals surface area contributed by atoms with Gasteiger partial charge in [-0.3, -0.25) is 0 Å². The molecule has 0 aliphatic heterocycles. The molecule has 0 aromatic carbocycles. The first-order valence-corrected chi connectivity index (χ1v) is 4.21. The minimum Gasteiger partial charge on any atom is -0.450 e. The van der Waals surface area contributed by atoms with Crippen molar-refractivity contribution in [2.75, 3.05) is 11.0 Å². The average Bonchev–Trinajstić information content (AvgIpc) is 1.80. The number of carbonyl (C=O) groups is 1. The second kappa shape index (κ2) is 6.12. The molecule has 0 radical (unpaired) electrons. The maximum absolute atomic E-state index is 9.74. The highest BCUT2D eigenvalue weighted by molar-refractivity contribution is 14.1. The van der Waals surface area contributed by atoms with Gasteiger partial charge in [0.1, 0.15) is 0 Å². The first-order chi connectivity index (χ1) is 4.27. The standard InChI is InChI=1S/C5H9IO3/c6-3-1-2-4-9-5(7)8/h1-4H2,(H,7,8). The fraction of sp³-hybridized carbons (Fsp3) is 0.800. The van der Waals surface area contributed by atoms with Crippen LogP contribution in [-0.2, 0) is 4.74 Å². The molecule has 0 rings (SSSR count). The van der Waals surface area contributed by atoms with E-state index in [1.807, 2.05) is 0 Å². The second-order valence-electron chi connectivity index (χ2n) is 1.51. The molecule has 54 valence electrons. The molecule has 0 amide bonds. The molecule has 0 spiro atoms. The highest BCUT2D eigenvalue weighted by atomic mass is 127. The SMILES string of the molecule is O=C(O)OCCCCI. The molecule has 9 heavy (non-hydrogen) atoms. The number of hydrogen-bond acceptors (Lipinski definition) is 2. The van der Waals surface area contributed by atoms with Gasteiger partial charge in [0.05, 0.1) is 6.61 Å². The predicted octanol–water partition coefficient (Wildman–Crippen LogP) is 1.90. The summed E-state index contributed by atoms with van der Waals surface area (Å²) in [5, 5.41) is 7.99. The third-order valence-corrected chi connectivity index (χ3v) is 1.52. The molecule has 0 fully saturated rings. The third-order valence-electron chi connectivity index (χ3n) is 0.754. The van der Waals surface area contributed by atoms with Crippen LogP contribution in [-0.4, -0.2) is 22.3 Å². The number of unbranched alkanes of at least 4 members (excludes halogenated alkanes) is 1. The van der Waals surface area contributed by atoms with E-state index in [4.69, 9.17) is 5.11 Å². The lowest BCUT2D eigenvalue weighted by Crippen LogP contribution is -2.01. The number of rotatable bonds is 4. The quantitative estimate of drug-likeness (QED) is 0.355. The van der Waals surface area contributed by atoms with E-state index in [0.717, 1.165) is 17.3 Å². The van der Waals surface area contributed by atoms with Crippen LogP contribution in [0.15, 0.2) is 0 Å². The molecule has 0 heterocycles. The summed E-state index contributed by atoms with van der Waals surface area (Å²) in [6.45, 7) is 0.332. The van der Waals surface area contributed by atoms with E-state index in [1.165, 1.54) is 0 Å². The lowest BCUT2D eigenvalue weighted by atomic mass is 10.4. The second-order valence-corrected chi connectivity index (χ2v) is 2.59. The van der Waals surface area contributed by atoms with Crippen LogP contribution in [0.1, 0.15) is 12.8 Å². The molecule has 0 aliphatic carbocycles. The summed E-state index contributed by atoms with van der Waals surface area (Å²) in [6.07, 6.45) is 0.673. The van der Waals surface area contributed by atoms with Crippen molar-refractivity contribution in [3.63, 3.8) is 0 Å². The van der Waals surface area contributed by atoms with Crippen molar-refractivity contribution in [2.45, 2.75) is 12.8 Å². The molecule has 0 aromatic rings. The zero-order valence-corrected chi connectivity index (χ0v) is 7.13. The Balaban J connectivity index is 2.83. The van der Waals surface area contributed by atoms with Gasteiger partial charge in [-0.15, -0.1) is 0 Å². The summed E-state index contributed by atoms with van der Waals surface area (Å²) in [4.78, 5) is 9.74. The minimum atomic E-state index is -1.18. The first kappa shape index (κ1) is 9.00. The van der Waals surface area contributed by atoms with E-state index in [-0.39, 0.29) is 0 Å². The molecule has 1 N–H and O–H groups in total. The van der Waals surface area contributed by atoms with Gasteiger partial charge in [-0.1, -0.05) is 22.6 Å². The number of ether oxygens (including phenoxy) is 1. The molecular weight excluding hydrogens is 235 g/mol. The smallest absolute Gasteiger partial charge is 0.450 e. The van der Waals surface area contributed by atoms with Gasteiger partial charge in [-0.25, -0.2) is 4.79 Å². The van der Waals surface area contributed by atoms with E-state index in [2.05, 4.69) is 27.3 Å². The maximum atomic E-state index is 9.74. The fourth-order valence-corrected chi connectivity index (χ4v) is 0.895. The van der Waals surface area contributed by atoms with Crippen LogP contribution in [0.2, 0.25) is 0 Å². The third kappa shape index (κ3) is 8.00. The predicted molar refractivity (Wildman–Crippen MR) is 42.1 cm³/mol. The van der Waals surface area contributed by atoms with Crippen LogP contribution in [0.3, 0.4) is 0 Å². The van der Waals surface area contributed by atoms with Crippen molar-refractivity contribution in [1.29, 1.82) is 0 Å². The van der Waals surface area contributed by atoms with Gasteiger partial charge >= 0.3 is 6.16 Å².